The highest BCUT2D eigenvalue weighted by atomic mass is 16.2. The Morgan fingerprint density at radius 1 is 1.11 bits per heavy atom. The van der Waals surface area contributed by atoms with Gasteiger partial charge in [-0.1, -0.05) is 25.3 Å². The van der Waals surface area contributed by atoms with E-state index in [0.29, 0.717) is 12.5 Å². The summed E-state index contributed by atoms with van der Waals surface area (Å²) < 4.78 is 0. The van der Waals surface area contributed by atoms with E-state index in [0.717, 1.165) is 24.3 Å². The molecule has 0 aromatic heterocycles. The average Bonchev–Trinajstić information content (AvgIpc) is 2.86. The number of carbonyl (C=O) groups excluding carboxylic acids is 1. The van der Waals surface area contributed by atoms with Crippen LogP contribution in [-0.2, 0) is 4.79 Å². The van der Waals surface area contributed by atoms with E-state index in [1.165, 1.54) is 32.1 Å². The van der Waals surface area contributed by atoms with Crippen LogP contribution in [-0.4, -0.2) is 18.5 Å². The van der Waals surface area contributed by atoms with E-state index in [-0.39, 0.29) is 5.91 Å². The minimum Gasteiger partial charge on any atom is -0.382 e. The van der Waals surface area contributed by atoms with Crippen molar-refractivity contribution in [3.8, 4) is 0 Å². The van der Waals surface area contributed by atoms with Gasteiger partial charge in [0.1, 0.15) is 0 Å². The van der Waals surface area contributed by atoms with Crippen LogP contribution in [0.5, 0.6) is 0 Å². The largest absolute Gasteiger partial charge is 0.382 e. The molecule has 1 aliphatic carbocycles. The fourth-order valence-corrected chi connectivity index (χ4v) is 3.17. The van der Waals surface area contributed by atoms with Gasteiger partial charge in [-0.05, 0) is 37.5 Å². The summed E-state index contributed by atoms with van der Waals surface area (Å²) in [5.74, 6) is 0.259. The van der Waals surface area contributed by atoms with Crippen LogP contribution in [0.2, 0.25) is 0 Å². The number of benzene rings is 1. The molecule has 0 spiro atoms. The summed E-state index contributed by atoms with van der Waals surface area (Å²) in [5.41, 5.74) is 2.20. The maximum absolute atomic E-state index is 11.8. The van der Waals surface area contributed by atoms with Crippen LogP contribution in [0.3, 0.4) is 0 Å². The highest BCUT2D eigenvalue weighted by Crippen LogP contribution is 2.26. The molecule has 1 saturated carbocycles. The van der Waals surface area contributed by atoms with Crippen molar-refractivity contribution >= 4 is 17.3 Å². The van der Waals surface area contributed by atoms with Gasteiger partial charge in [0.25, 0.3) is 0 Å². The first-order valence-electron chi connectivity index (χ1n) is 7.50. The summed E-state index contributed by atoms with van der Waals surface area (Å²) in [6, 6.07) is 8.93. The van der Waals surface area contributed by atoms with Gasteiger partial charge in [0, 0.05) is 30.4 Å². The molecule has 1 N–H and O–H groups in total. The third-order valence-electron chi connectivity index (χ3n) is 4.21. The minimum atomic E-state index is 0.259. The maximum atomic E-state index is 11.8. The predicted octanol–water partition coefficient (Wildman–Crippen LogP) is 3.56. The normalized spacial score (nSPS) is 20.8. The minimum absolute atomic E-state index is 0.259. The molecule has 3 nitrogen and oxygen atoms in total. The number of nitrogens with one attached hydrogen (secondary N) is 1. The van der Waals surface area contributed by atoms with E-state index in [1.807, 2.05) is 17.0 Å². The van der Waals surface area contributed by atoms with Crippen molar-refractivity contribution in [2.45, 2.75) is 51.0 Å². The van der Waals surface area contributed by atoms with E-state index < -0.39 is 0 Å². The van der Waals surface area contributed by atoms with Gasteiger partial charge >= 0.3 is 0 Å². The van der Waals surface area contributed by atoms with Crippen molar-refractivity contribution in [2.75, 3.05) is 16.8 Å². The second-order valence-electron chi connectivity index (χ2n) is 5.68. The molecule has 1 saturated heterocycles. The Morgan fingerprint density at radius 3 is 2.68 bits per heavy atom. The molecule has 102 valence electrons. The molecule has 0 radical (unpaired) electrons. The van der Waals surface area contributed by atoms with Gasteiger partial charge in [0.2, 0.25) is 5.91 Å². The lowest BCUT2D eigenvalue weighted by molar-refractivity contribution is -0.117. The van der Waals surface area contributed by atoms with Crippen molar-refractivity contribution in [1.82, 2.24) is 0 Å². The highest BCUT2D eigenvalue weighted by Gasteiger charge is 2.22. The molecule has 3 heteroatoms. The van der Waals surface area contributed by atoms with Crippen LogP contribution in [0.25, 0.3) is 0 Å². The number of rotatable bonds is 3. The number of anilines is 2. The van der Waals surface area contributed by atoms with E-state index in [4.69, 9.17) is 0 Å². The first kappa shape index (κ1) is 12.5. The van der Waals surface area contributed by atoms with Crippen molar-refractivity contribution in [3.63, 3.8) is 0 Å². The molecule has 1 aliphatic heterocycles. The molecule has 0 unspecified atom stereocenters. The van der Waals surface area contributed by atoms with Gasteiger partial charge < -0.3 is 10.2 Å². The van der Waals surface area contributed by atoms with Crippen LogP contribution in [0, 0.1) is 0 Å². The number of amides is 1. The summed E-state index contributed by atoms with van der Waals surface area (Å²) in [6.45, 7) is 0.867. The van der Waals surface area contributed by atoms with Gasteiger partial charge in [-0.15, -0.1) is 0 Å². The Hall–Kier alpha value is -1.51. The maximum Gasteiger partial charge on any atom is 0.227 e. The standard InChI is InChI=1S/C16H22N2O/c19-16-10-5-11-18(16)15-9-4-8-14(12-15)17-13-6-2-1-3-7-13/h4,8-9,12-13,17H,1-3,5-7,10-11H2. The lowest BCUT2D eigenvalue weighted by Crippen LogP contribution is -2.25. The first-order chi connectivity index (χ1) is 9.33. The quantitative estimate of drug-likeness (QED) is 0.899. The summed E-state index contributed by atoms with van der Waals surface area (Å²) in [6.07, 6.45) is 8.27. The van der Waals surface area contributed by atoms with Crippen molar-refractivity contribution in [3.05, 3.63) is 24.3 Å². The summed E-state index contributed by atoms with van der Waals surface area (Å²) >= 11 is 0. The molecule has 1 aromatic rings. The molecule has 1 heterocycles. The monoisotopic (exact) mass is 258 g/mol. The van der Waals surface area contributed by atoms with Gasteiger partial charge in [0.15, 0.2) is 0 Å². The molecule has 2 fully saturated rings. The van der Waals surface area contributed by atoms with Gasteiger partial charge in [0.05, 0.1) is 0 Å². The van der Waals surface area contributed by atoms with Crippen molar-refractivity contribution in [1.29, 1.82) is 0 Å². The first-order valence-corrected chi connectivity index (χ1v) is 7.50. The molecule has 0 atom stereocenters. The van der Waals surface area contributed by atoms with Gasteiger partial charge in [-0.3, -0.25) is 4.79 Å². The van der Waals surface area contributed by atoms with E-state index >= 15 is 0 Å². The Balaban J connectivity index is 1.70. The Labute approximate surface area is 115 Å². The predicted molar refractivity (Wildman–Crippen MR) is 78.5 cm³/mol. The van der Waals surface area contributed by atoms with Gasteiger partial charge in [-0.25, -0.2) is 0 Å². The SMILES string of the molecule is O=C1CCCN1c1cccc(NC2CCCCC2)c1. The summed E-state index contributed by atoms with van der Waals surface area (Å²) in [7, 11) is 0. The second kappa shape index (κ2) is 5.64. The van der Waals surface area contributed by atoms with E-state index in [9.17, 15) is 4.79 Å². The zero-order valence-electron chi connectivity index (χ0n) is 11.4. The molecule has 2 aliphatic rings. The third-order valence-corrected chi connectivity index (χ3v) is 4.21. The molecule has 19 heavy (non-hydrogen) atoms. The molecule has 1 amide bonds. The lowest BCUT2D eigenvalue weighted by atomic mass is 9.95. The Morgan fingerprint density at radius 2 is 1.95 bits per heavy atom. The number of hydrogen-bond donors (Lipinski definition) is 1. The van der Waals surface area contributed by atoms with Crippen LogP contribution >= 0.6 is 0 Å². The lowest BCUT2D eigenvalue weighted by Gasteiger charge is -2.24. The molecular weight excluding hydrogens is 236 g/mol. The fraction of sp³-hybridized carbons (Fsp3) is 0.562. The molecular formula is C16H22N2O. The van der Waals surface area contributed by atoms with Crippen LogP contribution in [0.4, 0.5) is 11.4 Å². The Bertz CT molecular complexity index is 452. The number of carbonyl (C=O) groups is 1. The zero-order valence-corrected chi connectivity index (χ0v) is 11.4. The molecule has 3 rings (SSSR count). The Kier molecular flexibility index (Phi) is 3.72. The van der Waals surface area contributed by atoms with Crippen LogP contribution in [0.15, 0.2) is 24.3 Å². The van der Waals surface area contributed by atoms with Crippen LogP contribution in [0.1, 0.15) is 44.9 Å². The smallest absolute Gasteiger partial charge is 0.227 e. The number of hydrogen-bond acceptors (Lipinski definition) is 2. The van der Waals surface area contributed by atoms with Crippen molar-refractivity contribution in [2.24, 2.45) is 0 Å². The van der Waals surface area contributed by atoms with Crippen LogP contribution < -0.4 is 10.2 Å². The highest BCUT2D eigenvalue weighted by molar-refractivity contribution is 5.95. The second-order valence-corrected chi connectivity index (χ2v) is 5.68. The third kappa shape index (κ3) is 2.91. The van der Waals surface area contributed by atoms with E-state index in [1.54, 1.807) is 0 Å². The number of nitrogens with zero attached hydrogens (tertiary/aromatic N) is 1. The van der Waals surface area contributed by atoms with Crippen molar-refractivity contribution < 1.29 is 4.79 Å². The molecule has 1 aromatic carbocycles. The average molecular weight is 258 g/mol. The zero-order chi connectivity index (χ0) is 13.1. The summed E-state index contributed by atoms with van der Waals surface area (Å²) in [5, 5.41) is 3.62. The molecule has 0 bridgehead atoms. The topological polar surface area (TPSA) is 32.3 Å². The summed E-state index contributed by atoms with van der Waals surface area (Å²) in [4.78, 5) is 13.7. The van der Waals surface area contributed by atoms with Gasteiger partial charge in [-0.2, -0.15) is 0 Å². The fourth-order valence-electron chi connectivity index (χ4n) is 3.17. The van der Waals surface area contributed by atoms with E-state index in [2.05, 4.69) is 17.4 Å².